The number of anilines is 1. The molecule has 23 heavy (non-hydrogen) atoms. The van der Waals surface area contributed by atoms with Crippen molar-refractivity contribution in [2.24, 2.45) is 0 Å². The van der Waals surface area contributed by atoms with E-state index < -0.39 is 9.84 Å². The van der Waals surface area contributed by atoms with Gasteiger partial charge in [-0.05, 0) is 24.6 Å². The van der Waals surface area contributed by atoms with Gasteiger partial charge in [-0.15, -0.1) is 0 Å². The molecule has 0 radical (unpaired) electrons. The number of aromatic nitrogens is 1. The second-order valence-corrected chi connectivity index (χ2v) is 8.35. The molecule has 0 aliphatic heterocycles. The molecule has 0 fully saturated rings. The summed E-state index contributed by atoms with van der Waals surface area (Å²) in [5.74, 6) is -0.520. The molecule has 1 aromatic carbocycles. The van der Waals surface area contributed by atoms with Gasteiger partial charge in [-0.2, -0.15) is 0 Å². The Morgan fingerprint density at radius 1 is 1.22 bits per heavy atom. The van der Waals surface area contributed by atoms with Crippen molar-refractivity contribution in [2.75, 3.05) is 11.6 Å². The van der Waals surface area contributed by atoms with E-state index in [0.29, 0.717) is 26.8 Å². The van der Waals surface area contributed by atoms with Crippen molar-refractivity contribution >= 4 is 38.0 Å². The molecule has 1 N–H and O–H groups in total. The van der Waals surface area contributed by atoms with Crippen LogP contribution in [0, 0.1) is 6.92 Å². The predicted octanol–water partition coefficient (Wildman–Crippen LogP) is 2.45. The van der Waals surface area contributed by atoms with E-state index in [1.165, 1.54) is 6.92 Å². The van der Waals surface area contributed by atoms with Gasteiger partial charge in [-0.1, -0.05) is 23.5 Å². The Labute approximate surface area is 138 Å². The van der Waals surface area contributed by atoms with Gasteiger partial charge >= 0.3 is 0 Å². The summed E-state index contributed by atoms with van der Waals surface area (Å²) in [5.41, 5.74) is 1.59. The van der Waals surface area contributed by atoms with Gasteiger partial charge in [-0.3, -0.25) is 14.9 Å². The van der Waals surface area contributed by atoms with Crippen molar-refractivity contribution in [1.29, 1.82) is 0 Å². The lowest BCUT2D eigenvalue weighted by Gasteiger charge is -2.03. The predicted molar refractivity (Wildman–Crippen MR) is 89.8 cm³/mol. The molecular formula is C15H16N2O4S2. The third-order valence-corrected chi connectivity index (χ3v) is 5.01. The van der Waals surface area contributed by atoms with Gasteiger partial charge in [0.2, 0.25) is 0 Å². The molecule has 122 valence electrons. The first-order valence-electron chi connectivity index (χ1n) is 6.72. The van der Waals surface area contributed by atoms with E-state index in [1.54, 1.807) is 31.2 Å². The summed E-state index contributed by atoms with van der Waals surface area (Å²) < 4.78 is 22.5. The lowest BCUT2D eigenvalue weighted by molar-refractivity contribution is 0.101. The minimum atomic E-state index is -3.11. The number of nitrogens with one attached hydrogen (secondary N) is 1. The van der Waals surface area contributed by atoms with E-state index in [9.17, 15) is 18.0 Å². The highest BCUT2D eigenvalue weighted by molar-refractivity contribution is 7.89. The summed E-state index contributed by atoms with van der Waals surface area (Å²) in [4.78, 5) is 28.2. The second-order valence-electron chi connectivity index (χ2n) is 5.21. The molecule has 8 heteroatoms. The quantitative estimate of drug-likeness (QED) is 0.834. The van der Waals surface area contributed by atoms with E-state index in [1.807, 2.05) is 0 Å². The first-order valence-corrected chi connectivity index (χ1v) is 9.60. The number of aryl methyl sites for hydroxylation is 1. The number of carbonyl (C=O) groups is 2. The van der Waals surface area contributed by atoms with Crippen LogP contribution in [-0.2, 0) is 15.6 Å². The van der Waals surface area contributed by atoms with Crippen LogP contribution in [0.25, 0.3) is 0 Å². The van der Waals surface area contributed by atoms with Gasteiger partial charge in [0.25, 0.3) is 5.91 Å². The van der Waals surface area contributed by atoms with Crippen LogP contribution in [0.15, 0.2) is 24.3 Å². The van der Waals surface area contributed by atoms with Crippen LogP contribution >= 0.6 is 11.3 Å². The second kappa shape index (κ2) is 6.59. The lowest BCUT2D eigenvalue weighted by Crippen LogP contribution is -2.11. The first-order chi connectivity index (χ1) is 10.7. The maximum Gasteiger partial charge on any atom is 0.257 e. The van der Waals surface area contributed by atoms with Crippen LogP contribution in [-0.4, -0.2) is 31.3 Å². The maximum atomic E-state index is 12.2. The van der Waals surface area contributed by atoms with Gasteiger partial charge < -0.3 is 0 Å². The largest absolute Gasteiger partial charge is 0.298 e. The molecule has 0 spiro atoms. The Kier molecular flexibility index (Phi) is 4.96. The standard InChI is InChI=1S/C15H16N2O4S2/c1-9-13(10(2)18)22-15(16-9)17-14(19)12-6-4-11(5-7-12)8-23(3,20)21/h4-7H,8H2,1-3H3,(H,16,17,19). The molecule has 0 saturated carbocycles. The Hall–Kier alpha value is -2.06. The van der Waals surface area contributed by atoms with E-state index in [4.69, 9.17) is 0 Å². The number of hydrogen-bond acceptors (Lipinski definition) is 6. The summed E-state index contributed by atoms with van der Waals surface area (Å²) in [6.07, 6.45) is 1.16. The van der Waals surface area contributed by atoms with Gasteiger partial charge in [0.15, 0.2) is 20.8 Å². The molecular weight excluding hydrogens is 336 g/mol. The van der Waals surface area contributed by atoms with Crippen LogP contribution in [0.3, 0.4) is 0 Å². The maximum absolute atomic E-state index is 12.2. The van der Waals surface area contributed by atoms with Crippen molar-refractivity contribution in [1.82, 2.24) is 4.98 Å². The van der Waals surface area contributed by atoms with Gasteiger partial charge in [0, 0.05) is 18.7 Å². The molecule has 0 aliphatic rings. The van der Waals surface area contributed by atoms with Crippen LogP contribution in [0.4, 0.5) is 5.13 Å². The van der Waals surface area contributed by atoms with Crippen molar-refractivity contribution in [2.45, 2.75) is 19.6 Å². The van der Waals surface area contributed by atoms with E-state index in [0.717, 1.165) is 17.6 Å². The highest BCUT2D eigenvalue weighted by atomic mass is 32.2. The number of amides is 1. The fraction of sp³-hybridized carbons (Fsp3) is 0.267. The molecule has 6 nitrogen and oxygen atoms in total. The average molecular weight is 352 g/mol. The third kappa shape index (κ3) is 4.70. The minimum Gasteiger partial charge on any atom is -0.298 e. The monoisotopic (exact) mass is 352 g/mol. The van der Waals surface area contributed by atoms with Gasteiger partial charge in [0.1, 0.15) is 0 Å². The van der Waals surface area contributed by atoms with Gasteiger partial charge in [-0.25, -0.2) is 13.4 Å². The number of ketones is 1. The highest BCUT2D eigenvalue weighted by Gasteiger charge is 2.14. The van der Waals surface area contributed by atoms with Crippen molar-refractivity contribution < 1.29 is 18.0 Å². The van der Waals surface area contributed by atoms with Crippen LogP contribution in [0.1, 0.15) is 38.2 Å². The SMILES string of the molecule is CC(=O)c1sc(NC(=O)c2ccc(CS(C)(=O)=O)cc2)nc1C. The fourth-order valence-electron chi connectivity index (χ4n) is 2.00. The average Bonchev–Trinajstić information content (AvgIpc) is 2.78. The van der Waals surface area contributed by atoms with E-state index >= 15 is 0 Å². The molecule has 1 amide bonds. The summed E-state index contributed by atoms with van der Waals surface area (Å²) in [6.45, 7) is 3.16. The molecule has 1 heterocycles. The Morgan fingerprint density at radius 3 is 2.30 bits per heavy atom. The number of Topliss-reactive ketones (excluding diaryl/α,β-unsaturated/α-hetero) is 1. The minimum absolute atomic E-state index is 0.0669. The number of nitrogens with zero attached hydrogens (tertiary/aromatic N) is 1. The Morgan fingerprint density at radius 2 is 1.83 bits per heavy atom. The zero-order valence-corrected chi connectivity index (χ0v) is 14.5. The Bertz CT molecular complexity index is 852. The molecule has 0 bridgehead atoms. The molecule has 0 unspecified atom stereocenters. The van der Waals surface area contributed by atoms with E-state index in [-0.39, 0.29) is 17.4 Å². The fourth-order valence-corrected chi connectivity index (χ4v) is 3.66. The van der Waals surface area contributed by atoms with Crippen LogP contribution < -0.4 is 5.32 Å². The Balaban J connectivity index is 2.12. The number of hydrogen-bond donors (Lipinski definition) is 1. The number of benzene rings is 1. The molecule has 1 aromatic heterocycles. The molecule has 0 atom stereocenters. The number of sulfone groups is 1. The lowest BCUT2D eigenvalue weighted by atomic mass is 10.1. The van der Waals surface area contributed by atoms with Crippen molar-refractivity contribution in [3.05, 3.63) is 46.0 Å². The topological polar surface area (TPSA) is 93.2 Å². The number of rotatable bonds is 5. The molecule has 2 aromatic rings. The zero-order chi connectivity index (χ0) is 17.2. The number of thiazole rings is 1. The highest BCUT2D eigenvalue weighted by Crippen LogP contribution is 2.23. The summed E-state index contributed by atoms with van der Waals surface area (Å²) >= 11 is 1.13. The normalized spacial score (nSPS) is 11.3. The molecule has 0 saturated heterocycles. The van der Waals surface area contributed by atoms with Crippen LogP contribution in [0.5, 0.6) is 0 Å². The molecule has 0 aliphatic carbocycles. The van der Waals surface area contributed by atoms with Crippen LogP contribution in [0.2, 0.25) is 0 Å². The first kappa shape index (κ1) is 17.3. The summed E-state index contributed by atoms with van der Waals surface area (Å²) in [7, 11) is -3.11. The summed E-state index contributed by atoms with van der Waals surface area (Å²) in [6, 6.07) is 6.32. The molecule has 2 rings (SSSR count). The van der Waals surface area contributed by atoms with Crippen molar-refractivity contribution in [3.63, 3.8) is 0 Å². The van der Waals surface area contributed by atoms with E-state index in [2.05, 4.69) is 10.3 Å². The van der Waals surface area contributed by atoms with Gasteiger partial charge in [0.05, 0.1) is 16.3 Å². The summed E-state index contributed by atoms with van der Waals surface area (Å²) in [5, 5.41) is 3.00. The number of carbonyl (C=O) groups excluding carboxylic acids is 2. The third-order valence-electron chi connectivity index (χ3n) is 2.98. The zero-order valence-electron chi connectivity index (χ0n) is 12.9. The van der Waals surface area contributed by atoms with Crippen molar-refractivity contribution in [3.8, 4) is 0 Å². The smallest absolute Gasteiger partial charge is 0.257 e.